The second-order valence-electron chi connectivity index (χ2n) is 7.00. The summed E-state index contributed by atoms with van der Waals surface area (Å²) < 4.78 is 6.32. The van der Waals surface area contributed by atoms with Gasteiger partial charge in [0, 0.05) is 18.2 Å². The zero-order chi connectivity index (χ0) is 22.3. The molecule has 1 heterocycles. The monoisotopic (exact) mass is 459 g/mol. The summed E-state index contributed by atoms with van der Waals surface area (Å²) in [5, 5.41) is 7.01. The third kappa shape index (κ3) is 5.78. The maximum absolute atomic E-state index is 12.1. The van der Waals surface area contributed by atoms with Gasteiger partial charge in [0.05, 0.1) is 22.3 Å². The second-order valence-corrected chi connectivity index (χ2v) is 8.52. The Morgan fingerprint density at radius 3 is 2.53 bits per heavy atom. The van der Waals surface area contributed by atoms with Crippen LogP contribution >= 0.6 is 23.6 Å². The van der Waals surface area contributed by atoms with Crippen LogP contribution < -0.4 is 15.4 Å². The minimum Gasteiger partial charge on any atom is -0.497 e. The van der Waals surface area contributed by atoms with Gasteiger partial charge in [-0.25, -0.2) is 4.98 Å². The number of anilines is 1. The Balaban J connectivity index is 1.29. The van der Waals surface area contributed by atoms with Crippen LogP contribution in [0.3, 0.4) is 0 Å². The Labute approximate surface area is 195 Å². The van der Waals surface area contributed by atoms with E-state index in [0.29, 0.717) is 0 Å². The van der Waals surface area contributed by atoms with Gasteiger partial charge in [-0.05, 0) is 65.8 Å². The zero-order valence-corrected chi connectivity index (χ0v) is 19.0. The number of hydrogen-bond acceptors (Lipinski definition) is 5. The van der Waals surface area contributed by atoms with Gasteiger partial charge >= 0.3 is 0 Å². The van der Waals surface area contributed by atoms with E-state index >= 15 is 0 Å². The van der Waals surface area contributed by atoms with Crippen LogP contribution in [0.1, 0.15) is 16.1 Å². The van der Waals surface area contributed by atoms with Crippen LogP contribution in [0.25, 0.3) is 16.3 Å². The summed E-state index contributed by atoms with van der Waals surface area (Å²) >= 11 is 6.96. The molecule has 2 N–H and O–H groups in total. The molecule has 0 radical (unpaired) electrons. The number of nitrogens with one attached hydrogen (secondary N) is 2. The van der Waals surface area contributed by atoms with Crippen molar-refractivity contribution in [1.82, 2.24) is 10.3 Å². The van der Waals surface area contributed by atoms with Gasteiger partial charge in [-0.3, -0.25) is 10.1 Å². The van der Waals surface area contributed by atoms with Crippen molar-refractivity contribution in [3.05, 3.63) is 95.0 Å². The molecule has 0 bridgehead atoms. The molecule has 4 rings (SSSR count). The number of amides is 1. The first-order chi connectivity index (χ1) is 15.6. The molecule has 7 heteroatoms. The normalized spacial score (nSPS) is 10.9. The molecule has 0 aliphatic carbocycles. The molecule has 5 nitrogen and oxygen atoms in total. The molecule has 32 heavy (non-hydrogen) atoms. The highest BCUT2D eigenvalue weighted by molar-refractivity contribution is 7.80. The van der Waals surface area contributed by atoms with E-state index in [1.54, 1.807) is 24.5 Å². The van der Waals surface area contributed by atoms with E-state index in [0.717, 1.165) is 39.5 Å². The molecule has 0 aliphatic rings. The maximum Gasteiger partial charge on any atom is 0.250 e. The fraction of sp³-hybridized carbons (Fsp3) is 0.0800. The lowest BCUT2D eigenvalue weighted by atomic mass is 10.1. The van der Waals surface area contributed by atoms with Crippen molar-refractivity contribution in [2.24, 2.45) is 0 Å². The molecular weight excluding hydrogens is 438 g/mol. The van der Waals surface area contributed by atoms with Crippen LogP contribution in [-0.4, -0.2) is 23.1 Å². The van der Waals surface area contributed by atoms with E-state index in [2.05, 4.69) is 21.7 Å². The van der Waals surface area contributed by atoms with Crippen LogP contribution in [0.4, 0.5) is 5.69 Å². The molecule has 3 aromatic carbocycles. The topological polar surface area (TPSA) is 63.2 Å². The van der Waals surface area contributed by atoms with Crippen LogP contribution in [-0.2, 0) is 11.2 Å². The van der Waals surface area contributed by atoms with Crippen molar-refractivity contribution in [3.8, 4) is 5.75 Å². The molecule has 0 saturated carbocycles. The van der Waals surface area contributed by atoms with E-state index < -0.39 is 0 Å². The molecule has 0 fully saturated rings. The van der Waals surface area contributed by atoms with Crippen molar-refractivity contribution >= 4 is 56.6 Å². The fourth-order valence-corrected chi connectivity index (χ4v) is 4.30. The summed E-state index contributed by atoms with van der Waals surface area (Å²) in [6.07, 6.45) is 3.93. The number of aromatic nitrogens is 1. The summed E-state index contributed by atoms with van der Waals surface area (Å²) in [7, 11) is 1.61. The van der Waals surface area contributed by atoms with E-state index in [1.165, 1.54) is 10.8 Å². The Hall–Kier alpha value is -3.55. The average Bonchev–Trinajstić information content (AvgIpc) is 3.21. The first-order valence-corrected chi connectivity index (χ1v) is 11.2. The van der Waals surface area contributed by atoms with E-state index in [1.807, 2.05) is 66.7 Å². The van der Waals surface area contributed by atoms with E-state index in [9.17, 15) is 4.79 Å². The van der Waals surface area contributed by atoms with Crippen LogP contribution in [0.2, 0.25) is 0 Å². The SMILES string of the molecule is COc1ccc(/C=C/C(=O)NC(=S)Nc2ccc(Cc3nc4ccccc4s3)cc2)cc1. The summed E-state index contributed by atoms with van der Waals surface area (Å²) in [5.74, 6) is 0.467. The highest BCUT2D eigenvalue weighted by Crippen LogP contribution is 2.24. The lowest BCUT2D eigenvalue weighted by Crippen LogP contribution is -2.32. The number of thiazole rings is 1. The molecule has 160 valence electrons. The van der Waals surface area contributed by atoms with Gasteiger partial charge in [-0.2, -0.15) is 0 Å². The molecule has 0 aliphatic heterocycles. The number of para-hydroxylation sites is 1. The smallest absolute Gasteiger partial charge is 0.250 e. The number of carbonyl (C=O) groups excluding carboxylic acids is 1. The lowest BCUT2D eigenvalue weighted by molar-refractivity contribution is -0.115. The minimum atomic E-state index is -0.300. The van der Waals surface area contributed by atoms with Crippen LogP contribution in [0, 0.1) is 0 Å². The van der Waals surface area contributed by atoms with Gasteiger partial charge in [0.15, 0.2) is 5.11 Å². The number of ether oxygens (including phenoxy) is 1. The largest absolute Gasteiger partial charge is 0.497 e. The predicted octanol–water partition coefficient (Wildman–Crippen LogP) is 5.42. The Morgan fingerprint density at radius 1 is 1.06 bits per heavy atom. The van der Waals surface area contributed by atoms with Gasteiger partial charge < -0.3 is 10.1 Å². The van der Waals surface area contributed by atoms with Crippen molar-refractivity contribution in [1.29, 1.82) is 0 Å². The van der Waals surface area contributed by atoms with E-state index in [-0.39, 0.29) is 11.0 Å². The summed E-state index contributed by atoms with van der Waals surface area (Å²) in [6, 6.07) is 23.5. The Kier molecular flexibility index (Phi) is 6.89. The number of methoxy groups -OCH3 is 1. The lowest BCUT2D eigenvalue weighted by Gasteiger charge is -2.09. The van der Waals surface area contributed by atoms with Crippen molar-refractivity contribution in [3.63, 3.8) is 0 Å². The molecule has 1 aromatic heterocycles. The zero-order valence-electron chi connectivity index (χ0n) is 17.4. The van der Waals surface area contributed by atoms with Crippen LogP contribution in [0.5, 0.6) is 5.75 Å². The van der Waals surface area contributed by atoms with Crippen molar-refractivity contribution in [2.45, 2.75) is 6.42 Å². The minimum absolute atomic E-state index is 0.244. The average molecular weight is 460 g/mol. The van der Waals surface area contributed by atoms with Gasteiger partial charge in [0.1, 0.15) is 5.75 Å². The summed E-state index contributed by atoms with van der Waals surface area (Å²) in [5.41, 5.74) is 3.89. The summed E-state index contributed by atoms with van der Waals surface area (Å²) in [6.45, 7) is 0. The van der Waals surface area contributed by atoms with Gasteiger partial charge in [-0.1, -0.05) is 36.4 Å². The first-order valence-electron chi connectivity index (χ1n) is 9.96. The molecular formula is C25H21N3O2S2. The number of thiocarbonyl (C=S) groups is 1. The van der Waals surface area contributed by atoms with Gasteiger partial charge in [0.25, 0.3) is 0 Å². The Morgan fingerprint density at radius 2 is 1.81 bits per heavy atom. The number of carbonyl (C=O) groups is 1. The number of rotatable bonds is 6. The third-order valence-electron chi connectivity index (χ3n) is 4.69. The fourth-order valence-electron chi connectivity index (χ4n) is 3.08. The summed E-state index contributed by atoms with van der Waals surface area (Å²) in [4.78, 5) is 16.8. The number of hydrogen-bond donors (Lipinski definition) is 2. The standard InChI is InChI=1S/C25H21N3O2S2/c1-30-20-13-8-17(9-14-20)10-15-23(29)28-25(31)26-19-11-6-18(7-12-19)16-24-27-21-4-2-3-5-22(21)32-24/h2-15H,16H2,1H3,(H2,26,28,29,31)/b15-10+. The number of benzene rings is 3. The predicted molar refractivity (Wildman–Crippen MR) is 135 cm³/mol. The first kappa shape index (κ1) is 21.7. The van der Waals surface area contributed by atoms with Crippen molar-refractivity contribution < 1.29 is 9.53 Å². The Bertz CT molecular complexity index is 1230. The van der Waals surface area contributed by atoms with E-state index in [4.69, 9.17) is 17.0 Å². The third-order valence-corrected chi connectivity index (χ3v) is 5.93. The highest BCUT2D eigenvalue weighted by atomic mass is 32.1. The van der Waals surface area contributed by atoms with Gasteiger partial charge in [0.2, 0.25) is 5.91 Å². The number of fused-ring (bicyclic) bond motifs is 1. The second kappa shape index (κ2) is 10.2. The molecule has 0 unspecified atom stereocenters. The highest BCUT2D eigenvalue weighted by Gasteiger charge is 2.06. The molecule has 1 amide bonds. The quantitative estimate of drug-likeness (QED) is 0.298. The number of nitrogens with zero attached hydrogens (tertiary/aromatic N) is 1. The molecule has 4 aromatic rings. The van der Waals surface area contributed by atoms with Crippen molar-refractivity contribution in [2.75, 3.05) is 12.4 Å². The molecule has 0 atom stereocenters. The molecule has 0 spiro atoms. The molecule has 0 saturated heterocycles. The van der Waals surface area contributed by atoms with Crippen LogP contribution in [0.15, 0.2) is 78.9 Å². The maximum atomic E-state index is 12.1. The van der Waals surface area contributed by atoms with Gasteiger partial charge in [-0.15, -0.1) is 11.3 Å².